The zero-order valence-corrected chi connectivity index (χ0v) is 26.1. The van der Waals surface area contributed by atoms with Crippen LogP contribution in [0.25, 0.3) is 10.8 Å². The van der Waals surface area contributed by atoms with Crippen molar-refractivity contribution in [1.82, 2.24) is 10.3 Å². The van der Waals surface area contributed by atoms with Gasteiger partial charge < -0.3 is 19.9 Å². The minimum absolute atomic E-state index is 0.0660. The molecule has 7 nitrogen and oxygen atoms in total. The number of methoxy groups -OCH3 is 1. The van der Waals surface area contributed by atoms with E-state index in [9.17, 15) is 14.7 Å². The van der Waals surface area contributed by atoms with E-state index in [1.165, 1.54) is 36.9 Å². The van der Waals surface area contributed by atoms with Crippen LogP contribution in [0, 0.1) is 5.92 Å². The summed E-state index contributed by atoms with van der Waals surface area (Å²) in [6, 6.07) is 18.6. The van der Waals surface area contributed by atoms with E-state index in [2.05, 4.69) is 38.2 Å². The molecule has 1 amide bonds. The number of nitrogens with zero attached hydrogens (tertiary/aromatic N) is 1. The summed E-state index contributed by atoms with van der Waals surface area (Å²) >= 11 is 1.40. The molecule has 1 saturated carbocycles. The number of esters is 1. The number of ether oxygens (including phenoxy) is 2. The van der Waals surface area contributed by atoms with Crippen LogP contribution in [0.5, 0.6) is 11.5 Å². The number of hydrogen-bond acceptors (Lipinski definition) is 7. The maximum absolute atomic E-state index is 13.5. The molecule has 0 aliphatic heterocycles. The van der Waals surface area contributed by atoms with Gasteiger partial charge in [-0.05, 0) is 71.2 Å². The van der Waals surface area contributed by atoms with Gasteiger partial charge in [0.15, 0.2) is 0 Å². The van der Waals surface area contributed by atoms with Crippen molar-refractivity contribution in [3.05, 3.63) is 87.4 Å². The first-order valence-corrected chi connectivity index (χ1v) is 15.7. The van der Waals surface area contributed by atoms with Crippen LogP contribution in [0.3, 0.4) is 0 Å². The topological polar surface area (TPSA) is 97.8 Å². The Balaban J connectivity index is 1.42. The molecule has 1 atom stereocenters. The minimum atomic E-state index is -0.876. The number of aliphatic hydroxyl groups excluding tert-OH is 1. The lowest BCUT2D eigenvalue weighted by Gasteiger charge is -2.19. The monoisotopic (exact) mass is 600 g/mol. The van der Waals surface area contributed by atoms with Crippen molar-refractivity contribution in [2.45, 2.75) is 77.4 Å². The first kappa shape index (κ1) is 30.7. The number of aliphatic hydroxyl groups is 1. The van der Waals surface area contributed by atoms with E-state index in [0.717, 1.165) is 51.2 Å². The lowest BCUT2D eigenvalue weighted by molar-refractivity contribution is -0.142. The average molecular weight is 601 g/mol. The van der Waals surface area contributed by atoms with Crippen LogP contribution in [-0.4, -0.2) is 35.1 Å². The molecule has 1 fully saturated rings. The molecule has 2 aromatic heterocycles. The van der Waals surface area contributed by atoms with Gasteiger partial charge in [0.2, 0.25) is 0 Å². The molecule has 0 spiro atoms. The third-order valence-electron chi connectivity index (χ3n) is 8.10. The lowest BCUT2D eigenvalue weighted by atomic mass is 9.87. The summed E-state index contributed by atoms with van der Waals surface area (Å²) in [4.78, 5) is 32.7. The molecule has 1 aliphatic rings. The standard InChI is InChI=1S/C35H40N2O5S/c1-35(2,3)24-10-13-25(14-11-24)42-26-12-9-23-18-31(36-30(29(23)19-26)17-22-7-5-6-8-22)33(39)37-32(34(40)41-4)20-27-15-16-28(21-38)43-27/h9-16,18-19,22,32,38H,5-8,17,20-21H2,1-4H3,(H,37,39). The van der Waals surface area contributed by atoms with Gasteiger partial charge in [-0.2, -0.15) is 0 Å². The number of carbonyl (C=O) groups is 2. The molecule has 8 heteroatoms. The largest absolute Gasteiger partial charge is 0.467 e. The number of pyridine rings is 1. The first-order chi connectivity index (χ1) is 20.6. The molecular weight excluding hydrogens is 560 g/mol. The smallest absolute Gasteiger partial charge is 0.328 e. The van der Waals surface area contributed by atoms with Gasteiger partial charge in [0.05, 0.1) is 13.7 Å². The fourth-order valence-corrected chi connectivity index (χ4v) is 6.59. The van der Waals surface area contributed by atoms with Crippen molar-refractivity contribution in [2.75, 3.05) is 7.11 Å². The van der Waals surface area contributed by atoms with Crippen LogP contribution in [0.2, 0.25) is 0 Å². The lowest BCUT2D eigenvalue weighted by Crippen LogP contribution is -2.43. The van der Waals surface area contributed by atoms with Gasteiger partial charge in [0, 0.05) is 27.3 Å². The van der Waals surface area contributed by atoms with Crippen LogP contribution >= 0.6 is 11.3 Å². The maximum Gasteiger partial charge on any atom is 0.328 e. The number of thiophene rings is 1. The molecule has 0 radical (unpaired) electrons. The summed E-state index contributed by atoms with van der Waals surface area (Å²) in [5, 5.41) is 14.1. The molecular formula is C35H40N2O5S. The van der Waals surface area contributed by atoms with Crippen molar-refractivity contribution >= 4 is 34.0 Å². The Labute approximate surface area is 257 Å². The van der Waals surface area contributed by atoms with Gasteiger partial charge in [-0.25, -0.2) is 9.78 Å². The highest BCUT2D eigenvalue weighted by atomic mass is 32.1. The molecule has 1 aliphatic carbocycles. The summed E-state index contributed by atoms with van der Waals surface area (Å²) in [5.74, 6) is 1.04. The zero-order chi connectivity index (χ0) is 30.6. The third-order valence-corrected chi connectivity index (χ3v) is 9.19. The van der Waals surface area contributed by atoms with E-state index in [1.54, 1.807) is 6.07 Å². The first-order valence-electron chi connectivity index (χ1n) is 14.9. The summed E-state index contributed by atoms with van der Waals surface area (Å²) in [7, 11) is 1.31. The van der Waals surface area contributed by atoms with E-state index in [4.69, 9.17) is 14.5 Å². The predicted octanol–water partition coefficient (Wildman–Crippen LogP) is 7.13. The van der Waals surface area contributed by atoms with Crippen molar-refractivity contribution in [3.63, 3.8) is 0 Å². The Hall–Kier alpha value is -3.75. The maximum atomic E-state index is 13.5. The Morgan fingerprint density at radius 1 is 1.00 bits per heavy atom. The molecule has 1 unspecified atom stereocenters. The van der Waals surface area contributed by atoms with Gasteiger partial charge in [-0.3, -0.25) is 4.79 Å². The second kappa shape index (κ2) is 13.3. The van der Waals surface area contributed by atoms with Crippen molar-refractivity contribution in [1.29, 1.82) is 0 Å². The fraction of sp³-hybridized carbons (Fsp3) is 0.400. The van der Waals surface area contributed by atoms with Gasteiger partial charge in [-0.1, -0.05) is 64.7 Å². The van der Waals surface area contributed by atoms with Crippen LogP contribution < -0.4 is 10.1 Å². The Bertz CT molecular complexity index is 1580. The highest BCUT2D eigenvalue weighted by molar-refractivity contribution is 7.11. The van der Waals surface area contributed by atoms with Gasteiger partial charge in [0.25, 0.3) is 5.91 Å². The van der Waals surface area contributed by atoms with Crippen molar-refractivity contribution in [3.8, 4) is 11.5 Å². The second-order valence-corrected chi connectivity index (χ2v) is 13.6. The van der Waals surface area contributed by atoms with Gasteiger partial charge >= 0.3 is 5.97 Å². The molecule has 0 bridgehead atoms. The van der Waals surface area contributed by atoms with E-state index < -0.39 is 17.9 Å². The van der Waals surface area contributed by atoms with Gasteiger partial charge in [-0.15, -0.1) is 11.3 Å². The van der Waals surface area contributed by atoms with Crippen LogP contribution in [0.4, 0.5) is 0 Å². The van der Waals surface area contributed by atoms with Crippen LogP contribution in [0.1, 0.15) is 78.0 Å². The fourth-order valence-electron chi connectivity index (χ4n) is 5.66. The summed E-state index contributed by atoms with van der Waals surface area (Å²) in [6.45, 7) is 6.49. The molecule has 43 heavy (non-hydrogen) atoms. The summed E-state index contributed by atoms with van der Waals surface area (Å²) in [5.41, 5.74) is 2.44. The number of rotatable bonds is 10. The summed E-state index contributed by atoms with van der Waals surface area (Å²) in [6.07, 6.45) is 5.77. The van der Waals surface area contributed by atoms with Crippen LogP contribution in [0.15, 0.2) is 60.7 Å². The third kappa shape index (κ3) is 7.61. The zero-order valence-electron chi connectivity index (χ0n) is 25.3. The second-order valence-electron chi connectivity index (χ2n) is 12.3. The van der Waals surface area contributed by atoms with E-state index in [1.807, 2.05) is 42.5 Å². The molecule has 0 saturated heterocycles. The average Bonchev–Trinajstić information content (AvgIpc) is 3.68. The Kier molecular flexibility index (Phi) is 9.47. The minimum Gasteiger partial charge on any atom is -0.467 e. The Morgan fingerprint density at radius 3 is 2.35 bits per heavy atom. The molecule has 2 heterocycles. The Morgan fingerprint density at radius 2 is 1.70 bits per heavy atom. The molecule has 4 aromatic rings. The highest BCUT2D eigenvalue weighted by Crippen LogP contribution is 2.33. The molecule has 2 N–H and O–H groups in total. The van der Waals surface area contributed by atoms with Crippen molar-refractivity contribution < 1.29 is 24.2 Å². The van der Waals surface area contributed by atoms with Gasteiger partial charge in [0.1, 0.15) is 23.2 Å². The summed E-state index contributed by atoms with van der Waals surface area (Å²) < 4.78 is 11.2. The normalized spacial score (nSPS) is 14.5. The number of benzene rings is 2. The molecule has 5 rings (SSSR count). The van der Waals surface area contributed by atoms with E-state index in [-0.39, 0.29) is 24.1 Å². The SMILES string of the molecule is COC(=O)C(Cc1ccc(CO)s1)NC(=O)c1cc2ccc(Oc3ccc(C(C)(C)C)cc3)cc2c(CC2CCCC2)n1. The number of aromatic nitrogens is 1. The number of carbonyl (C=O) groups excluding carboxylic acids is 2. The number of fused-ring (bicyclic) bond motifs is 1. The number of amides is 1. The van der Waals surface area contributed by atoms with E-state index >= 15 is 0 Å². The highest BCUT2D eigenvalue weighted by Gasteiger charge is 2.25. The molecule has 226 valence electrons. The number of nitrogens with one attached hydrogen (secondary N) is 1. The molecule has 2 aromatic carbocycles. The quantitative estimate of drug-likeness (QED) is 0.188. The van der Waals surface area contributed by atoms with Crippen molar-refractivity contribution in [2.24, 2.45) is 5.92 Å². The van der Waals surface area contributed by atoms with Crippen LogP contribution in [-0.2, 0) is 34.4 Å². The number of hydrogen-bond donors (Lipinski definition) is 2. The predicted molar refractivity (Wildman–Crippen MR) is 170 cm³/mol. The van der Waals surface area contributed by atoms with E-state index in [0.29, 0.717) is 11.7 Å².